The first-order chi connectivity index (χ1) is 11.7. The molecular weight excluding hydrogens is 308 g/mol. The summed E-state index contributed by atoms with van der Waals surface area (Å²) in [5.41, 5.74) is 1.71. The Morgan fingerprint density at radius 1 is 1.29 bits per heavy atom. The topological polar surface area (TPSA) is 88.4 Å². The van der Waals surface area contributed by atoms with E-state index < -0.39 is 0 Å². The molecule has 0 saturated carbocycles. The highest BCUT2D eigenvalue weighted by atomic mass is 16.5. The van der Waals surface area contributed by atoms with Crippen LogP contribution in [0.3, 0.4) is 0 Å². The Balaban J connectivity index is 1.39. The largest absolute Gasteiger partial charge is 0.441 e. The Bertz CT molecular complexity index is 795. The molecular formula is C17H20N4O3. The lowest BCUT2D eigenvalue weighted by molar-refractivity contribution is 0.171. The number of oxazole rings is 1. The van der Waals surface area contributed by atoms with Gasteiger partial charge in [-0.15, -0.1) is 0 Å². The molecule has 0 amide bonds. The van der Waals surface area contributed by atoms with Gasteiger partial charge in [-0.1, -0.05) is 17.3 Å². The van der Waals surface area contributed by atoms with Gasteiger partial charge in [0.05, 0.1) is 12.1 Å². The van der Waals surface area contributed by atoms with E-state index in [1.165, 1.54) is 0 Å². The molecule has 0 aliphatic carbocycles. The van der Waals surface area contributed by atoms with Crippen LogP contribution in [-0.4, -0.2) is 44.3 Å². The molecule has 0 unspecified atom stereocenters. The quantitative estimate of drug-likeness (QED) is 0.768. The third-order valence-corrected chi connectivity index (χ3v) is 4.38. The predicted octanol–water partition coefficient (Wildman–Crippen LogP) is 2.26. The average Bonchev–Trinajstić information content (AvgIpc) is 3.25. The number of aryl methyl sites for hydroxylation is 2. The summed E-state index contributed by atoms with van der Waals surface area (Å²) in [7, 11) is 0. The van der Waals surface area contributed by atoms with Crippen molar-refractivity contribution in [3.05, 3.63) is 41.9 Å². The van der Waals surface area contributed by atoms with E-state index in [1.54, 1.807) is 6.92 Å². The van der Waals surface area contributed by atoms with Crippen molar-refractivity contribution in [1.82, 2.24) is 20.0 Å². The molecule has 1 fully saturated rings. The Kier molecular flexibility index (Phi) is 4.03. The van der Waals surface area contributed by atoms with Gasteiger partial charge in [-0.05, 0) is 38.4 Å². The summed E-state index contributed by atoms with van der Waals surface area (Å²) < 4.78 is 11.0. The minimum Gasteiger partial charge on any atom is -0.441 e. The Morgan fingerprint density at radius 2 is 2.17 bits per heavy atom. The molecule has 0 spiro atoms. The Morgan fingerprint density at radius 3 is 2.96 bits per heavy atom. The van der Waals surface area contributed by atoms with E-state index in [2.05, 4.69) is 20.0 Å². The van der Waals surface area contributed by atoms with Gasteiger partial charge in [0.15, 0.2) is 17.3 Å². The van der Waals surface area contributed by atoms with Crippen molar-refractivity contribution in [3.63, 3.8) is 0 Å². The fraction of sp³-hybridized carbons (Fsp3) is 0.471. The van der Waals surface area contributed by atoms with Gasteiger partial charge in [-0.3, -0.25) is 4.90 Å². The van der Waals surface area contributed by atoms with Gasteiger partial charge in [0.1, 0.15) is 5.52 Å². The summed E-state index contributed by atoms with van der Waals surface area (Å²) in [6, 6.07) is 7.77. The fourth-order valence-corrected chi connectivity index (χ4v) is 3.29. The van der Waals surface area contributed by atoms with E-state index in [0.717, 1.165) is 36.4 Å². The predicted molar refractivity (Wildman–Crippen MR) is 86.3 cm³/mol. The van der Waals surface area contributed by atoms with E-state index in [0.29, 0.717) is 24.7 Å². The van der Waals surface area contributed by atoms with Gasteiger partial charge in [0, 0.05) is 13.0 Å². The van der Waals surface area contributed by atoms with Crippen molar-refractivity contribution in [2.45, 2.75) is 38.3 Å². The minimum atomic E-state index is -0.355. The number of likely N-dealkylation sites (tertiary alicyclic amines) is 1. The van der Waals surface area contributed by atoms with Crippen LogP contribution in [0.4, 0.5) is 0 Å². The fourth-order valence-electron chi connectivity index (χ4n) is 3.29. The lowest BCUT2D eigenvalue weighted by atomic mass is 10.2. The number of aromatic nitrogens is 3. The molecule has 1 aromatic carbocycles. The Hall–Kier alpha value is -2.25. The summed E-state index contributed by atoms with van der Waals surface area (Å²) in [5.74, 6) is 1.96. The zero-order valence-electron chi connectivity index (χ0n) is 13.6. The number of hydrogen-bond acceptors (Lipinski definition) is 7. The second-order valence-corrected chi connectivity index (χ2v) is 6.26. The maximum Gasteiger partial charge on any atom is 0.244 e. The number of β-amino-alcohol motifs (C(OH)–C–C–N with tert-alkyl or cyclic N) is 1. The van der Waals surface area contributed by atoms with Gasteiger partial charge >= 0.3 is 0 Å². The molecule has 3 heterocycles. The van der Waals surface area contributed by atoms with Gasteiger partial charge in [0.25, 0.3) is 0 Å². The molecule has 4 rings (SSSR count). The first-order valence-corrected chi connectivity index (χ1v) is 8.26. The monoisotopic (exact) mass is 328 g/mol. The van der Waals surface area contributed by atoms with Crippen molar-refractivity contribution in [3.8, 4) is 0 Å². The summed E-state index contributed by atoms with van der Waals surface area (Å²) in [6.07, 6.45) is 1.93. The van der Waals surface area contributed by atoms with Crippen LogP contribution < -0.4 is 0 Å². The molecule has 126 valence electrons. The minimum absolute atomic E-state index is 0.00941. The molecule has 7 nitrogen and oxygen atoms in total. The normalized spacial score (nSPS) is 21.8. The van der Waals surface area contributed by atoms with Crippen LogP contribution in [0.1, 0.15) is 36.5 Å². The van der Waals surface area contributed by atoms with Crippen LogP contribution in [0.2, 0.25) is 0 Å². The van der Waals surface area contributed by atoms with Crippen LogP contribution >= 0.6 is 0 Å². The number of rotatable bonds is 5. The van der Waals surface area contributed by atoms with Crippen LogP contribution in [0.25, 0.3) is 11.1 Å². The molecule has 7 heteroatoms. The number of nitrogens with zero attached hydrogens (tertiary/aromatic N) is 4. The van der Waals surface area contributed by atoms with Crippen LogP contribution in [0.5, 0.6) is 0 Å². The van der Waals surface area contributed by atoms with Crippen molar-refractivity contribution in [1.29, 1.82) is 0 Å². The van der Waals surface area contributed by atoms with Crippen molar-refractivity contribution in [2.75, 3.05) is 13.1 Å². The standard InChI is InChI=1S/C17H20N4O3/c1-11-18-17(24-20-11)14-9-12(22)10-21(14)8-4-7-16-19-13-5-2-3-6-15(13)23-16/h2-3,5-6,12,14,22H,4,7-10H2,1H3/t12-,14+/m0/s1. The SMILES string of the molecule is Cc1noc([C@H]2C[C@H](O)CN2CCCc2nc3ccccc3o2)n1. The Labute approximate surface area is 139 Å². The molecule has 3 aromatic rings. The van der Waals surface area contributed by atoms with Crippen LogP contribution in [-0.2, 0) is 6.42 Å². The molecule has 2 atom stereocenters. The molecule has 1 N–H and O–H groups in total. The summed E-state index contributed by atoms with van der Waals surface area (Å²) in [5, 5.41) is 13.8. The lowest BCUT2D eigenvalue weighted by Crippen LogP contribution is -2.26. The third kappa shape index (κ3) is 3.05. The first-order valence-electron chi connectivity index (χ1n) is 8.26. The third-order valence-electron chi connectivity index (χ3n) is 4.38. The maximum atomic E-state index is 9.99. The zero-order chi connectivity index (χ0) is 16.5. The van der Waals surface area contributed by atoms with E-state index in [4.69, 9.17) is 8.94 Å². The number of benzene rings is 1. The summed E-state index contributed by atoms with van der Waals surface area (Å²) in [4.78, 5) is 11.0. The van der Waals surface area contributed by atoms with Crippen molar-refractivity contribution in [2.24, 2.45) is 0 Å². The molecule has 2 aromatic heterocycles. The molecule has 1 aliphatic rings. The molecule has 1 saturated heterocycles. The van der Waals surface area contributed by atoms with Crippen molar-refractivity contribution >= 4 is 11.1 Å². The van der Waals surface area contributed by atoms with E-state index in [-0.39, 0.29) is 12.1 Å². The molecule has 0 bridgehead atoms. The van der Waals surface area contributed by atoms with Crippen molar-refractivity contribution < 1.29 is 14.0 Å². The molecule has 24 heavy (non-hydrogen) atoms. The number of para-hydroxylation sites is 2. The number of fused-ring (bicyclic) bond motifs is 1. The van der Waals surface area contributed by atoms with Crippen LogP contribution in [0, 0.1) is 6.92 Å². The second-order valence-electron chi connectivity index (χ2n) is 6.26. The zero-order valence-corrected chi connectivity index (χ0v) is 13.6. The van der Waals surface area contributed by atoms with Crippen LogP contribution in [0.15, 0.2) is 33.2 Å². The molecule has 0 radical (unpaired) electrons. The summed E-state index contributed by atoms with van der Waals surface area (Å²) >= 11 is 0. The van der Waals surface area contributed by atoms with E-state index in [1.807, 2.05) is 24.3 Å². The van der Waals surface area contributed by atoms with E-state index >= 15 is 0 Å². The summed E-state index contributed by atoms with van der Waals surface area (Å²) in [6.45, 7) is 3.25. The first kappa shape index (κ1) is 15.3. The average molecular weight is 328 g/mol. The number of aliphatic hydroxyl groups excluding tert-OH is 1. The van der Waals surface area contributed by atoms with E-state index in [9.17, 15) is 5.11 Å². The number of hydrogen-bond donors (Lipinski definition) is 1. The highest BCUT2D eigenvalue weighted by molar-refractivity contribution is 5.72. The molecule has 1 aliphatic heterocycles. The lowest BCUT2D eigenvalue weighted by Gasteiger charge is -2.20. The highest BCUT2D eigenvalue weighted by Gasteiger charge is 2.35. The second kappa shape index (κ2) is 6.33. The van der Waals surface area contributed by atoms with Gasteiger partial charge in [0.2, 0.25) is 5.89 Å². The van der Waals surface area contributed by atoms with Gasteiger partial charge < -0.3 is 14.0 Å². The van der Waals surface area contributed by atoms with Gasteiger partial charge in [-0.25, -0.2) is 4.98 Å². The number of aliphatic hydroxyl groups is 1. The smallest absolute Gasteiger partial charge is 0.244 e. The van der Waals surface area contributed by atoms with Gasteiger partial charge in [-0.2, -0.15) is 4.98 Å². The highest BCUT2D eigenvalue weighted by Crippen LogP contribution is 2.31. The maximum absolute atomic E-state index is 9.99.